The van der Waals surface area contributed by atoms with E-state index in [1.165, 1.54) is 31.2 Å². The summed E-state index contributed by atoms with van der Waals surface area (Å²) in [6, 6.07) is 0.526. The number of halogens is 3. The molecule has 2 aromatic heterocycles. The molecule has 0 spiro atoms. The molecule has 2 aliphatic heterocycles. The van der Waals surface area contributed by atoms with Gasteiger partial charge < -0.3 is 10.2 Å². The number of anilines is 1. The van der Waals surface area contributed by atoms with Crippen LogP contribution in [-0.2, 0) is 25.7 Å². The maximum Gasteiger partial charge on any atom is 0.224 e. The van der Waals surface area contributed by atoms with Crippen LogP contribution in [0.5, 0.6) is 0 Å². The Morgan fingerprint density at radius 1 is 0.718 bits per heavy atom. The number of terminal acetylenes is 2. The topological polar surface area (TPSA) is 66.8 Å². The van der Waals surface area contributed by atoms with E-state index in [0.717, 1.165) is 87.2 Å². The van der Waals surface area contributed by atoms with Crippen molar-refractivity contribution in [2.45, 2.75) is 104 Å². The summed E-state index contributed by atoms with van der Waals surface area (Å²) in [6.45, 7) is 2.09. The lowest BCUT2D eigenvalue weighted by Gasteiger charge is -2.34. The molecule has 2 aromatic rings. The van der Waals surface area contributed by atoms with Gasteiger partial charge in [-0.25, -0.2) is 19.9 Å². The van der Waals surface area contributed by atoms with Gasteiger partial charge in [-0.15, -0.1) is 12.8 Å². The molecular formula is C30H41Cl3N6. The van der Waals surface area contributed by atoms with Crippen LogP contribution >= 0.6 is 34.8 Å². The van der Waals surface area contributed by atoms with Crippen molar-refractivity contribution in [3.63, 3.8) is 0 Å². The molecule has 39 heavy (non-hydrogen) atoms. The fraction of sp³-hybridized carbons (Fsp3) is 0.600. The highest BCUT2D eigenvalue weighted by atomic mass is 35.5. The molecule has 2 fully saturated rings. The van der Waals surface area contributed by atoms with Gasteiger partial charge in [0.2, 0.25) is 10.6 Å². The highest BCUT2D eigenvalue weighted by Gasteiger charge is 2.28. The molecule has 0 amide bonds. The minimum atomic E-state index is 0. The zero-order valence-corrected chi connectivity index (χ0v) is 23.3. The molecule has 9 heteroatoms. The monoisotopic (exact) mass is 590 g/mol. The van der Waals surface area contributed by atoms with Crippen LogP contribution in [0, 0.1) is 24.7 Å². The quantitative estimate of drug-likeness (QED) is 0.221. The summed E-state index contributed by atoms with van der Waals surface area (Å²) in [4.78, 5) is 19.0. The van der Waals surface area contributed by atoms with Crippen molar-refractivity contribution in [3.05, 3.63) is 38.2 Å². The average Bonchev–Trinajstić information content (AvgIpc) is 3.59. The largest absolute Gasteiger partial charge is 0.342 e. The predicted octanol–water partition coefficient (Wildman–Crippen LogP) is 6.92. The predicted molar refractivity (Wildman–Crippen MR) is 165 cm³/mol. The van der Waals surface area contributed by atoms with Crippen LogP contribution in [-0.4, -0.2) is 45.1 Å². The van der Waals surface area contributed by atoms with Gasteiger partial charge in [-0.2, -0.15) is 0 Å². The van der Waals surface area contributed by atoms with Gasteiger partial charge in [0, 0.05) is 17.7 Å². The third kappa shape index (κ3) is 8.70. The minimum Gasteiger partial charge on any atom is -0.342 e. The summed E-state index contributed by atoms with van der Waals surface area (Å²) >= 11 is 17.5. The molecule has 0 aromatic carbocycles. The molecule has 4 aliphatic rings. The fourth-order valence-electron chi connectivity index (χ4n) is 5.33. The lowest BCUT2D eigenvalue weighted by molar-refractivity contribution is 0.464. The molecule has 2 atom stereocenters. The summed E-state index contributed by atoms with van der Waals surface area (Å²) < 4.78 is 0. The van der Waals surface area contributed by atoms with Crippen molar-refractivity contribution in [3.8, 4) is 24.7 Å². The van der Waals surface area contributed by atoms with Crippen molar-refractivity contribution < 1.29 is 0 Å². The Kier molecular flexibility index (Phi) is 13.8. The van der Waals surface area contributed by atoms with Gasteiger partial charge in [-0.3, -0.25) is 0 Å². The van der Waals surface area contributed by atoms with E-state index in [9.17, 15) is 0 Å². The fourth-order valence-corrected chi connectivity index (χ4v) is 6.03. The van der Waals surface area contributed by atoms with Gasteiger partial charge in [0.25, 0.3) is 0 Å². The summed E-state index contributed by atoms with van der Waals surface area (Å²) in [5, 5.41) is 4.37. The number of hydrogen-bond acceptors (Lipinski definition) is 6. The maximum absolute atomic E-state index is 6.04. The van der Waals surface area contributed by atoms with Crippen molar-refractivity contribution in [2.24, 2.45) is 0 Å². The second kappa shape index (κ2) is 16.2. The first kappa shape index (κ1) is 33.1. The van der Waals surface area contributed by atoms with Crippen molar-refractivity contribution in [1.82, 2.24) is 25.3 Å². The first-order valence-electron chi connectivity index (χ1n) is 13.2. The molecule has 2 aliphatic carbocycles. The molecule has 0 unspecified atom stereocenters. The Hall–Kier alpha value is -2.09. The molecule has 0 bridgehead atoms. The number of nitrogens with zero attached hydrogens (tertiary/aromatic N) is 5. The molecule has 212 valence electrons. The van der Waals surface area contributed by atoms with Gasteiger partial charge in [-0.05, 0) is 107 Å². The van der Waals surface area contributed by atoms with Crippen LogP contribution in [0.4, 0.5) is 5.82 Å². The third-order valence-electron chi connectivity index (χ3n) is 7.22. The molecule has 6 nitrogen and oxygen atoms in total. The van der Waals surface area contributed by atoms with E-state index in [4.69, 9.17) is 47.6 Å². The molecule has 6 rings (SSSR count). The van der Waals surface area contributed by atoms with E-state index in [1.807, 2.05) is 0 Å². The molecule has 0 radical (unpaired) electrons. The zero-order valence-electron chi connectivity index (χ0n) is 21.1. The van der Waals surface area contributed by atoms with Crippen LogP contribution in [0.1, 0.15) is 88.7 Å². The second-order valence-electron chi connectivity index (χ2n) is 9.70. The van der Waals surface area contributed by atoms with E-state index in [-0.39, 0.29) is 26.2 Å². The normalized spacial score (nSPS) is 20.7. The SMILES string of the molecule is C.C.C#C[C@H]1CCCCN1.C#C[C@H]1CCCCN1c1nc(Cl)nc2c1CCC2.Clc1nc(Cl)c2c(n1)CCC2. The van der Waals surface area contributed by atoms with Crippen LogP contribution in [0.25, 0.3) is 0 Å². The van der Waals surface area contributed by atoms with Gasteiger partial charge in [0.1, 0.15) is 11.0 Å². The number of aromatic nitrogens is 4. The number of aryl methyl sites for hydroxylation is 2. The standard InChI is InChI=1S/C14H16ClN3.C7H6Cl2N2.C7H11N.2CH4/c1-2-10-6-3-4-9-18(10)13-11-7-5-8-12(11)16-14(15)17-13;8-6-4-2-1-3-5(4)10-7(9)11-6;1-2-7-5-3-4-6-8-7;;/h1,10H,3-9H2;1-3H2;1,7-8H,3-6H2;2*1H4/t10-;;7-;;/m0.0../s1. The van der Waals surface area contributed by atoms with Crippen molar-refractivity contribution >= 4 is 40.6 Å². The summed E-state index contributed by atoms with van der Waals surface area (Å²) in [7, 11) is 0. The second-order valence-corrected chi connectivity index (χ2v) is 10.7. The zero-order chi connectivity index (χ0) is 26.2. The average molecular weight is 592 g/mol. The Balaban J connectivity index is 0.000000219. The van der Waals surface area contributed by atoms with Crippen molar-refractivity contribution in [1.29, 1.82) is 0 Å². The first-order chi connectivity index (χ1) is 18.0. The van der Waals surface area contributed by atoms with Gasteiger partial charge in [-0.1, -0.05) is 38.3 Å². The summed E-state index contributed by atoms with van der Waals surface area (Å²) in [5.74, 6) is 6.57. The Labute approximate surface area is 250 Å². The number of hydrogen-bond donors (Lipinski definition) is 1. The first-order valence-corrected chi connectivity index (χ1v) is 14.3. The van der Waals surface area contributed by atoms with E-state index in [1.54, 1.807) is 0 Å². The van der Waals surface area contributed by atoms with Gasteiger partial charge >= 0.3 is 0 Å². The van der Waals surface area contributed by atoms with E-state index >= 15 is 0 Å². The van der Waals surface area contributed by atoms with Crippen LogP contribution < -0.4 is 10.2 Å². The Morgan fingerprint density at radius 2 is 1.36 bits per heavy atom. The highest BCUT2D eigenvalue weighted by molar-refractivity contribution is 6.32. The van der Waals surface area contributed by atoms with Gasteiger partial charge in [0.15, 0.2) is 0 Å². The molecular weight excluding hydrogens is 551 g/mol. The molecule has 1 N–H and O–H groups in total. The Morgan fingerprint density at radius 3 is 1.97 bits per heavy atom. The van der Waals surface area contributed by atoms with Crippen LogP contribution in [0.15, 0.2) is 0 Å². The summed E-state index contributed by atoms with van der Waals surface area (Å²) in [5.41, 5.74) is 4.49. The lowest BCUT2D eigenvalue weighted by Crippen LogP contribution is -2.39. The maximum atomic E-state index is 6.04. The van der Waals surface area contributed by atoms with E-state index in [0.29, 0.717) is 16.5 Å². The van der Waals surface area contributed by atoms with E-state index in [2.05, 4.69) is 42.0 Å². The lowest BCUT2D eigenvalue weighted by atomic mass is 10.0. The molecule has 0 saturated carbocycles. The van der Waals surface area contributed by atoms with Gasteiger partial charge in [0.05, 0.1) is 23.5 Å². The number of fused-ring (bicyclic) bond motifs is 2. The van der Waals surface area contributed by atoms with Crippen LogP contribution in [0.3, 0.4) is 0 Å². The Bertz CT molecular complexity index is 1170. The smallest absolute Gasteiger partial charge is 0.224 e. The number of nitrogens with one attached hydrogen (secondary N) is 1. The number of rotatable bonds is 1. The van der Waals surface area contributed by atoms with Crippen LogP contribution in [0.2, 0.25) is 15.7 Å². The highest BCUT2D eigenvalue weighted by Crippen LogP contribution is 2.33. The summed E-state index contributed by atoms with van der Waals surface area (Å²) in [6.07, 6.45) is 24.3. The van der Waals surface area contributed by atoms with Crippen molar-refractivity contribution in [2.75, 3.05) is 18.0 Å². The minimum absolute atomic E-state index is 0. The third-order valence-corrected chi connectivity index (χ3v) is 7.87. The number of piperidine rings is 2. The van der Waals surface area contributed by atoms with E-state index < -0.39 is 0 Å². The molecule has 2 saturated heterocycles. The molecule has 4 heterocycles.